The highest BCUT2D eigenvalue weighted by atomic mass is 16.6. The number of aliphatic hydroxyl groups excluding tert-OH is 1. The van der Waals surface area contributed by atoms with Crippen molar-refractivity contribution in [1.29, 1.82) is 0 Å². The molecule has 1 unspecified atom stereocenters. The number of esters is 2. The van der Waals surface area contributed by atoms with Crippen molar-refractivity contribution < 1.29 is 28.9 Å². The number of aliphatic hydroxyl groups is 1. The van der Waals surface area contributed by atoms with E-state index < -0.39 is 18.0 Å². The normalized spacial score (nSPS) is 11.4. The first-order valence-corrected chi connectivity index (χ1v) is 5.35. The molecule has 6 nitrogen and oxygen atoms in total. The van der Waals surface area contributed by atoms with Gasteiger partial charge in [-0.15, -0.1) is 0 Å². The van der Waals surface area contributed by atoms with Gasteiger partial charge in [0.1, 0.15) is 19.3 Å². The zero-order chi connectivity index (χ0) is 14.0. The summed E-state index contributed by atoms with van der Waals surface area (Å²) in [5.41, 5.74) is 0.263. The monoisotopic (exact) mass is 258 g/mol. The maximum absolute atomic E-state index is 11.0. The third-order valence-electron chi connectivity index (χ3n) is 1.70. The summed E-state index contributed by atoms with van der Waals surface area (Å²) in [5.74, 6) is -1.09. The van der Waals surface area contributed by atoms with Crippen molar-refractivity contribution in [3.63, 3.8) is 0 Å². The highest BCUT2D eigenvalue weighted by Gasteiger charge is 2.09. The van der Waals surface area contributed by atoms with E-state index in [2.05, 4.69) is 17.9 Å². The maximum Gasteiger partial charge on any atom is 0.333 e. The average Bonchev–Trinajstić information content (AvgIpc) is 2.34. The molecule has 102 valence electrons. The molecule has 0 amide bonds. The summed E-state index contributed by atoms with van der Waals surface area (Å²) in [5, 5.41) is 9.38. The van der Waals surface area contributed by atoms with E-state index in [0.717, 1.165) is 6.08 Å². The molecular formula is C12H18O6. The molecule has 6 heteroatoms. The Balaban J connectivity index is 3.50. The van der Waals surface area contributed by atoms with Gasteiger partial charge in [0.2, 0.25) is 0 Å². The van der Waals surface area contributed by atoms with Crippen molar-refractivity contribution in [2.24, 2.45) is 0 Å². The smallest absolute Gasteiger partial charge is 0.333 e. The first-order valence-electron chi connectivity index (χ1n) is 5.35. The van der Waals surface area contributed by atoms with E-state index in [9.17, 15) is 14.7 Å². The van der Waals surface area contributed by atoms with Crippen LogP contribution in [-0.4, -0.2) is 49.6 Å². The van der Waals surface area contributed by atoms with Crippen LogP contribution in [0.2, 0.25) is 0 Å². The second-order valence-electron chi connectivity index (χ2n) is 3.48. The fraction of sp³-hybridized carbons (Fsp3) is 0.500. The standard InChI is InChI=1S/C12H18O6/c1-4-11(14)17-6-5-16-7-10(13)8-18-12(15)9(2)3/h4,10,13H,1-2,5-8H2,3H3. The van der Waals surface area contributed by atoms with Crippen molar-refractivity contribution in [3.8, 4) is 0 Å². The first-order chi connectivity index (χ1) is 8.47. The highest BCUT2D eigenvalue weighted by Crippen LogP contribution is 1.95. The predicted molar refractivity (Wildman–Crippen MR) is 63.8 cm³/mol. The zero-order valence-corrected chi connectivity index (χ0v) is 10.4. The average molecular weight is 258 g/mol. The van der Waals surface area contributed by atoms with Crippen molar-refractivity contribution in [3.05, 3.63) is 24.8 Å². The minimum Gasteiger partial charge on any atom is -0.460 e. The summed E-state index contributed by atoms with van der Waals surface area (Å²) in [6, 6.07) is 0. The number of ether oxygens (including phenoxy) is 3. The van der Waals surface area contributed by atoms with Gasteiger partial charge in [-0.2, -0.15) is 0 Å². The summed E-state index contributed by atoms with van der Waals surface area (Å²) in [6.45, 7) is 8.17. The van der Waals surface area contributed by atoms with Crippen molar-refractivity contribution in [2.45, 2.75) is 13.0 Å². The Morgan fingerprint density at radius 1 is 1.28 bits per heavy atom. The lowest BCUT2D eigenvalue weighted by molar-refractivity contribution is -0.144. The molecule has 0 bridgehead atoms. The van der Waals surface area contributed by atoms with E-state index in [-0.39, 0.29) is 32.0 Å². The van der Waals surface area contributed by atoms with Gasteiger partial charge in [-0.05, 0) is 6.92 Å². The maximum atomic E-state index is 11.0. The van der Waals surface area contributed by atoms with Gasteiger partial charge in [0.25, 0.3) is 0 Å². The fourth-order valence-corrected chi connectivity index (χ4v) is 0.823. The Labute approximate surface area is 106 Å². The van der Waals surface area contributed by atoms with Crippen LogP contribution in [0.3, 0.4) is 0 Å². The van der Waals surface area contributed by atoms with Gasteiger partial charge in [0.05, 0.1) is 13.2 Å². The molecule has 0 heterocycles. The largest absolute Gasteiger partial charge is 0.460 e. The van der Waals surface area contributed by atoms with Crippen LogP contribution < -0.4 is 0 Å². The van der Waals surface area contributed by atoms with Gasteiger partial charge in [0.15, 0.2) is 0 Å². The molecule has 0 aromatic carbocycles. The molecule has 0 rings (SSSR count). The fourth-order valence-electron chi connectivity index (χ4n) is 0.823. The lowest BCUT2D eigenvalue weighted by Crippen LogP contribution is -2.25. The third-order valence-corrected chi connectivity index (χ3v) is 1.70. The first kappa shape index (κ1) is 16.3. The molecule has 0 radical (unpaired) electrons. The molecule has 0 saturated heterocycles. The number of rotatable bonds is 9. The van der Waals surface area contributed by atoms with E-state index in [0.29, 0.717) is 0 Å². The highest BCUT2D eigenvalue weighted by molar-refractivity contribution is 5.86. The summed E-state index contributed by atoms with van der Waals surface area (Å²) < 4.78 is 14.4. The summed E-state index contributed by atoms with van der Waals surface area (Å²) in [7, 11) is 0. The second-order valence-corrected chi connectivity index (χ2v) is 3.48. The molecule has 1 N–H and O–H groups in total. The van der Waals surface area contributed by atoms with Crippen LogP contribution in [0.15, 0.2) is 24.8 Å². The molecular weight excluding hydrogens is 240 g/mol. The number of carbonyl (C=O) groups excluding carboxylic acids is 2. The molecule has 0 aromatic rings. The van der Waals surface area contributed by atoms with E-state index in [4.69, 9.17) is 9.47 Å². The number of hydrogen-bond donors (Lipinski definition) is 1. The molecule has 0 aliphatic carbocycles. The van der Waals surface area contributed by atoms with Gasteiger partial charge in [-0.3, -0.25) is 0 Å². The lowest BCUT2D eigenvalue weighted by Gasteiger charge is -2.11. The zero-order valence-electron chi connectivity index (χ0n) is 10.4. The summed E-state index contributed by atoms with van der Waals surface area (Å²) in [4.78, 5) is 21.6. The molecule has 0 saturated carbocycles. The molecule has 0 spiro atoms. The number of hydrogen-bond acceptors (Lipinski definition) is 6. The van der Waals surface area contributed by atoms with Crippen LogP contribution >= 0.6 is 0 Å². The Morgan fingerprint density at radius 2 is 1.94 bits per heavy atom. The Hall–Kier alpha value is -1.66. The molecule has 0 aliphatic heterocycles. The predicted octanol–water partition coefficient (Wildman–Crippen LogP) is 0.212. The van der Waals surface area contributed by atoms with E-state index in [1.165, 1.54) is 6.92 Å². The molecule has 18 heavy (non-hydrogen) atoms. The molecule has 0 aromatic heterocycles. The molecule has 0 fully saturated rings. The SMILES string of the molecule is C=CC(=O)OCCOCC(O)COC(=O)C(=C)C. The van der Waals surface area contributed by atoms with E-state index in [1.54, 1.807) is 0 Å². The lowest BCUT2D eigenvalue weighted by atomic mass is 10.3. The van der Waals surface area contributed by atoms with Crippen molar-refractivity contribution in [1.82, 2.24) is 0 Å². The Kier molecular flexibility index (Phi) is 8.51. The van der Waals surface area contributed by atoms with Crippen LogP contribution in [0.5, 0.6) is 0 Å². The van der Waals surface area contributed by atoms with E-state index in [1.807, 2.05) is 0 Å². The van der Waals surface area contributed by atoms with Gasteiger partial charge in [-0.25, -0.2) is 9.59 Å². The van der Waals surface area contributed by atoms with Crippen LogP contribution in [0.25, 0.3) is 0 Å². The van der Waals surface area contributed by atoms with Gasteiger partial charge < -0.3 is 19.3 Å². The van der Waals surface area contributed by atoms with Crippen LogP contribution in [0.4, 0.5) is 0 Å². The van der Waals surface area contributed by atoms with Gasteiger partial charge in [0, 0.05) is 11.6 Å². The molecule has 1 atom stereocenters. The minimum atomic E-state index is -0.927. The van der Waals surface area contributed by atoms with E-state index >= 15 is 0 Å². The van der Waals surface area contributed by atoms with Crippen molar-refractivity contribution >= 4 is 11.9 Å². The van der Waals surface area contributed by atoms with Crippen LogP contribution in [-0.2, 0) is 23.8 Å². The van der Waals surface area contributed by atoms with Gasteiger partial charge in [-0.1, -0.05) is 13.2 Å². The number of carbonyl (C=O) groups is 2. The Bertz CT molecular complexity index is 310. The third kappa shape index (κ3) is 8.49. The quantitative estimate of drug-likeness (QED) is 0.362. The summed E-state index contributed by atoms with van der Waals surface area (Å²) >= 11 is 0. The Morgan fingerprint density at radius 3 is 2.50 bits per heavy atom. The second kappa shape index (κ2) is 9.38. The molecule has 0 aliphatic rings. The van der Waals surface area contributed by atoms with Crippen LogP contribution in [0.1, 0.15) is 6.92 Å². The topological polar surface area (TPSA) is 82.1 Å². The van der Waals surface area contributed by atoms with Gasteiger partial charge >= 0.3 is 11.9 Å². The van der Waals surface area contributed by atoms with Crippen molar-refractivity contribution in [2.75, 3.05) is 26.4 Å². The minimum absolute atomic E-state index is 0.0187. The summed E-state index contributed by atoms with van der Waals surface area (Å²) in [6.07, 6.45) is 0.120. The van der Waals surface area contributed by atoms with Crippen LogP contribution in [0, 0.1) is 0 Å².